The van der Waals surface area contributed by atoms with E-state index in [4.69, 9.17) is 0 Å². The zero-order valence-electron chi connectivity index (χ0n) is 17.6. The first-order chi connectivity index (χ1) is 13.7. The highest BCUT2D eigenvalue weighted by atomic mass is 16.3. The van der Waals surface area contributed by atoms with Gasteiger partial charge in [-0.2, -0.15) is 0 Å². The second kappa shape index (κ2) is 19.8. The molecule has 1 amide bonds. The van der Waals surface area contributed by atoms with Crippen LogP contribution in [0.2, 0.25) is 0 Å². The molecule has 0 radical (unpaired) electrons. The Hall–Kier alpha value is -1.91. The Labute approximate surface area is 171 Å². The van der Waals surface area contributed by atoms with Crippen LogP contribution in [0.5, 0.6) is 0 Å². The SMILES string of the molecule is CC/C=C\C/C=C\C/C=C\C/C=C\CCC(=O)NC(CO)C(O)/C=C/CCC. The fourth-order valence-electron chi connectivity index (χ4n) is 2.37. The number of aliphatic hydroxyl groups excluding tert-OH is 2. The number of rotatable bonds is 16. The van der Waals surface area contributed by atoms with Crippen LogP contribution in [-0.2, 0) is 4.79 Å². The summed E-state index contributed by atoms with van der Waals surface area (Å²) in [6.45, 7) is 3.90. The van der Waals surface area contributed by atoms with Crippen LogP contribution in [0.1, 0.15) is 65.2 Å². The zero-order valence-corrected chi connectivity index (χ0v) is 17.6. The van der Waals surface area contributed by atoms with Gasteiger partial charge in [-0.1, -0.05) is 81.0 Å². The minimum Gasteiger partial charge on any atom is -0.394 e. The van der Waals surface area contributed by atoms with Gasteiger partial charge >= 0.3 is 0 Å². The predicted octanol–water partition coefficient (Wildman–Crippen LogP) is 4.77. The second-order valence-electron chi connectivity index (χ2n) is 6.60. The van der Waals surface area contributed by atoms with Gasteiger partial charge in [0.15, 0.2) is 0 Å². The molecule has 0 bridgehead atoms. The first kappa shape index (κ1) is 26.1. The number of allylic oxidation sites excluding steroid dienone is 9. The van der Waals surface area contributed by atoms with Crippen molar-refractivity contribution in [2.45, 2.75) is 77.4 Å². The van der Waals surface area contributed by atoms with E-state index in [0.717, 1.165) is 38.5 Å². The summed E-state index contributed by atoms with van der Waals surface area (Å²) in [6.07, 6.45) is 26.3. The maximum Gasteiger partial charge on any atom is 0.220 e. The molecule has 3 N–H and O–H groups in total. The average molecular weight is 390 g/mol. The molecule has 2 atom stereocenters. The highest BCUT2D eigenvalue weighted by molar-refractivity contribution is 5.76. The van der Waals surface area contributed by atoms with E-state index >= 15 is 0 Å². The van der Waals surface area contributed by atoms with Crippen LogP contribution >= 0.6 is 0 Å². The number of hydrogen-bond acceptors (Lipinski definition) is 3. The molecule has 158 valence electrons. The lowest BCUT2D eigenvalue weighted by atomic mass is 10.1. The van der Waals surface area contributed by atoms with Crippen LogP contribution in [0.3, 0.4) is 0 Å². The number of nitrogens with one attached hydrogen (secondary N) is 1. The molecule has 2 unspecified atom stereocenters. The third-order valence-electron chi connectivity index (χ3n) is 4.00. The van der Waals surface area contributed by atoms with Crippen LogP contribution in [0.15, 0.2) is 60.8 Å². The Bertz CT molecular complexity index is 518. The lowest BCUT2D eigenvalue weighted by Crippen LogP contribution is -2.45. The molecule has 0 aliphatic heterocycles. The minimum atomic E-state index is -0.863. The van der Waals surface area contributed by atoms with Gasteiger partial charge in [0.2, 0.25) is 5.91 Å². The maximum atomic E-state index is 11.9. The van der Waals surface area contributed by atoms with E-state index in [0.29, 0.717) is 12.8 Å². The molecule has 28 heavy (non-hydrogen) atoms. The predicted molar refractivity (Wildman–Crippen MR) is 119 cm³/mol. The molecular formula is C24H39NO3. The van der Waals surface area contributed by atoms with Gasteiger partial charge in [0.25, 0.3) is 0 Å². The van der Waals surface area contributed by atoms with Crippen molar-refractivity contribution < 1.29 is 15.0 Å². The minimum absolute atomic E-state index is 0.163. The normalized spacial score (nSPS) is 14.9. The van der Waals surface area contributed by atoms with Crippen LogP contribution in [0, 0.1) is 0 Å². The number of hydrogen-bond donors (Lipinski definition) is 3. The van der Waals surface area contributed by atoms with E-state index < -0.39 is 12.1 Å². The molecule has 0 aromatic carbocycles. The molecule has 0 saturated heterocycles. The third-order valence-corrected chi connectivity index (χ3v) is 4.00. The second-order valence-corrected chi connectivity index (χ2v) is 6.60. The monoisotopic (exact) mass is 389 g/mol. The number of carbonyl (C=O) groups is 1. The van der Waals surface area contributed by atoms with Gasteiger partial charge < -0.3 is 15.5 Å². The standard InChI is InChI=1S/C24H39NO3/c1-3-5-7-8-9-10-11-12-13-14-15-16-18-20-24(28)25-22(21-26)23(27)19-17-6-4-2/h5,7,9-10,12-13,15-17,19,22-23,26-27H,3-4,6,8,11,14,18,20-21H2,1-2H3,(H,25,28)/b7-5-,10-9-,13-12-,16-15-,19-17+. The largest absolute Gasteiger partial charge is 0.394 e. The fourth-order valence-corrected chi connectivity index (χ4v) is 2.37. The van der Waals surface area contributed by atoms with Crippen molar-refractivity contribution in [3.63, 3.8) is 0 Å². The van der Waals surface area contributed by atoms with Crippen molar-refractivity contribution in [2.75, 3.05) is 6.61 Å². The van der Waals surface area contributed by atoms with Crippen molar-refractivity contribution in [3.8, 4) is 0 Å². The van der Waals surface area contributed by atoms with Crippen LogP contribution < -0.4 is 5.32 Å². The summed E-state index contributed by atoms with van der Waals surface area (Å²) in [6, 6.07) is -0.655. The van der Waals surface area contributed by atoms with Gasteiger partial charge in [-0.15, -0.1) is 0 Å². The Morgan fingerprint density at radius 1 is 0.857 bits per heavy atom. The van der Waals surface area contributed by atoms with Crippen LogP contribution in [0.4, 0.5) is 0 Å². The van der Waals surface area contributed by atoms with E-state index in [1.807, 2.05) is 18.2 Å². The molecule has 0 aromatic heterocycles. The lowest BCUT2D eigenvalue weighted by Gasteiger charge is -2.19. The quantitative estimate of drug-likeness (QED) is 0.333. The van der Waals surface area contributed by atoms with Gasteiger partial charge in [-0.05, 0) is 38.5 Å². The van der Waals surface area contributed by atoms with E-state index in [2.05, 4.69) is 55.6 Å². The summed E-state index contributed by atoms with van der Waals surface area (Å²) in [5.41, 5.74) is 0. The Balaban J connectivity index is 3.91. The summed E-state index contributed by atoms with van der Waals surface area (Å²) in [5.74, 6) is -0.163. The molecule has 0 saturated carbocycles. The molecule has 0 heterocycles. The molecule has 0 rings (SSSR count). The highest BCUT2D eigenvalue weighted by Crippen LogP contribution is 2.01. The van der Waals surface area contributed by atoms with Crippen LogP contribution in [0.25, 0.3) is 0 Å². The number of unbranched alkanes of at least 4 members (excludes halogenated alkanes) is 1. The number of carbonyl (C=O) groups excluding carboxylic acids is 1. The van der Waals surface area contributed by atoms with Crippen molar-refractivity contribution in [1.82, 2.24) is 5.32 Å². The molecule has 0 spiro atoms. The summed E-state index contributed by atoms with van der Waals surface area (Å²) in [7, 11) is 0. The Kier molecular flexibility index (Phi) is 18.5. The van der Waals surface area contributed by atoms with Crippen molar-refractivity contribution >= 4 is 5.91 Å². The van der Waals surface area contributed by atoms with Gasteiger partial charge in [-0.25, -0.2) is 0 Å². The molecule has 0 fully saturated rings. The fraction of sp³-hybridized carbons (Fsp3) is 0.542. The third kappa shape index (κ3) is 16.3. The van der Waals surface area contributed by atoms with Gasteiger partial charge in [0.05, 0.1) is 18.8 Å². The van der Waals surface area contributed by atoms with E-state index in [-0.39, 0.29) is 12.5 Å². The highest BCUT2D eigenvalue weighted by Gasteiger charge is 2.17. The Morgan fingerprint density at radius 3 is 1.96 bits per heavy atom. The van der Waals surface area contributed by atoms with Gasteiger partial charge in [0.1, 0.15) is 0 Å². The lowest BCUT2D eigenvalue weighted by molar-refractivity contribution is -0.122. The maximum absolute atomic E-state index is 11.9. The molecule has 4 heteroatoms. The van der Waals surface area contributed by atoms with Gasteiger partial charge in [-0.3, -0.25) is 4.79 Å². The summed E-state index contributed by atoms with van der Waals surface area (Å²) < 4.78 is 0. The van der Waals surface area contributed by atoms with E-state index in [9.17, 15) is 15.0 Å². The molecule has 4 nitrogen and oxygen atoms in total. The number of aliphatic hydroxyl groups is 2. The summed E-state index contributed by atoms with van der Waals surface area (Å²) >= 11 is 0. The van der Waals surface area contributed by atoms with Crippen molar-refractivity contribution in [3.05, 3.63) is 60.8 Å². The first-order valence-corrected chi connectivity index (χ1v) is 10.5. The number of amides is 1. The average Bonchev–Trinajstić information content (AvgIpc) is 2.69. The first-order valence-electron chi connectivity index (χ1n) is 10.5. The summed E-state index contributed by atoms with van der Waals surface area (Å²) in [5, 5.41) is 22.0. The van der Waals surface area contributed by atoms with Gasteiger partial charge in [0, 0.05) is 6.42 Å². The smallest absolute Gasteiger partial charge is 0.220 e. The molecule has 0 aliphatic rings. The zero-order chi connectivity index (χ0) is 20.9. The van der Waals surface area contributed by atoms with Crippen molar-refractivity contribution in [1.29, 1.82) is 0 Å². The summed E-state index contributed by atoms with van der Waals surface area (Å²) in [4.78, 5) is 11.9. The topological polar surface area (TPSA) is 69.6 Å². The van der Waals surface area contributed by atoms with E-state index in [1.54, 1.807) is 6.08 Å². The molecular weight excluding hydrogens is 350 g/mol. The molecule has 0 aromatic rings. The molecule has 0 aliphatic carbocycles. The van der Waals surface area contributed by atoms with Crippen LogP contribution in [-0.4, -0.2) is 34.9 Å². The Morgan fingerprint density at radius 2 is 1.43 bits per heavy atom. The van der Waals surface area contributed by atoms with E-state index in [1.165, 1.54) is 0 Å². The van der Waals surface area contributed by atoms with Crippen molar-refractivity contribution in [2.24, 2.45) is 0 Å².